The molecule has 0 radical (unpaired) electrons. The van der Waals surface area contributed by atoms with Crippen LogP contribution in [0.2, 0.25) is 0 Å². The maximum absolute atomic E-state index is 13.9. The van der Waals surface area contributed by atoms with Gasteiger partial charge in [0.2, 0.25) is 0 Å². The molecule has 3 rings (SSSR count). The lowest BCUT2D eigenvalue weighted by atomic mass is 10.2. The van der Waals surface area contributed by atoms with Gasteiger partial charge >= 0.3 is 0 Å². The van der Waals surface area contributed by atoms with Gasteiger partial charge in [-0.25, -0.2) is 13.8 Å². The van der Waals surface area contributed by atoms with Crippen molar-refractivity contribution in [1.29, 1.82) is 0 Å². The lowest BCUT2D eigenvalue weighted by Gasteiger charge is -2.12. The fourth-order valence-electron chi connectivity index (χ4n) is 2.35. The van der Waals surface area contributed by atoms with Crippen LogP contribution in [0.5, 0.6) is 0 Å². The number of halogens is 4. The first-order valence-corrected chi connectivity index (χ1v) is 7.53. The molecule has 0 amide bonds. The molecule has 3 aromatic rings. The minimum Gasteiger partial charge on any atom is -0.295 e. The van der Waals surface area contributed by atoms with Crippen LogP contribution in [0.3, 0.4) is 0 Å². The number of hydrogen-bond donors (Lipinski definition) is 0. The molecule has 1 aromatic heterocycles. The van der Waals surface area contributed by atoms with Crippen LogP contribution in [0.15, 0.2) is 34.8 Å². The fourth-order valence-corrected chi connectivity index (χ4v) is 2.86. The van der Waals surface area contributed by atoms with E-state index in [2.05, 4.69) is 20.9 Å². The van der Waals surface area contributed by atoms with Crippen molar-refractivity contribution in [3.63, 3.8) is 0 Å². The third-order valence-electron chi connectivity index (χ3n) is 3.30. The quantitative estimate of drug-likeness (QED) is 0.572. The van der Waals surface area contributed by atoms with E-state index in [1.165, 1.54) is 12.1 Å². The highest BCUT2D eigenvalue weighted by atomic mass is 79.9. The number of benzene rings is 2. The third kappa shape index (κ3) is 2.34. The number of imidazole rings is 1. The predicted octanol–water partition coefficient (Wildman–Crippen LogP) is 5.11. The number of nitrogens with zero attached hydrogens (tertiary/aromatic N) is 2. The molecule has 108 valence electrons. The zero-order valence-corrected chi connectivity index (χ0v) is 13.3. The first-order valence-electron chi connectivity index (χ1n) is 6.20. The molecule has 6 heteroatoms. The lowest BCUT2D eigenvalue weighted by Crippen LogP contribution is -2.02. The van der Waals surface area contributed by atoms with E-state index in [0.29, 0.717) is 27.1 Å². The van der Waals surface area contributed by atoms with Crippen molar-refractivity contribution in [1.82, 2.24) is 9.55 Å². The summed E-state index contributed by atoms with van der Waals surface area (Å²) in [7, 11) is 0. The number of para-hydroxylation sites is 1. The largest absolute Gasteiger partial charge is 0.295 e. The van der Waals surface area contributed by atoms with E-state index in [-0.39, 0.29) is 17.2 Å². The molecule has 0 spiro atoms. The van der Waals surface area contributed by atoms with Crippen LogP contribution in [0.25, 0.3) is 16.7 Å². The third-order valence-corrected chi connectivity index (χ3v) is 4.15. The van der Waals surface area contributed by atoms with Gasteiger partial charge in [-0.3, -0.25) is 4.57 Å². The Morgan fingerprint density at radius 2 is 2.00 bits per heavy atom. The second-order valence-electron chi connectivity index (χ2n) is 4.66. The van der Waals surface area contributed by atoms with Crippen molar-refractivity contribution in [3.05, 3.63) is 57.8 Å². The van der Waals surface area contributed by atoms with Gasteiger partial charge in [-0.2, -0.15) is 0 Å². The highest BCUT2D eigenvalue weighted by molar-refractivity contribution is 9.10. The zero-order valence-electron chi connectivity index (χ0n) is 11.0. The van der Waals surface area contributed by atoms with E-state index in [9.17, 15) is 8.78 Å². The van der Waals surface area contributed by atoms with Crippen LogP contribution in [0.4, 0.5) is 8.78 Å². The predicted molar refractivity (Wildman–Crippen MR) is 83.0 cm³/mol. The van der Waals surface area contributed by atoms with Gasteiger partial charge in [0.05, 0.1) is 21.6 Å². The number of fused-ring (bicyclic) bond motifs is 1. The van der Waals surface area contributed by atoms with Crippen LogP contribution in [-0.4, -0.2) is 9.55 Å². The van der Waals surface area contributed by atoms with Gasteiger partial charge < -0.3 is 0 Å². The molecular weight excluding hydrogens is 362 g/mol. The number of alkyl halides is 1. The highest BCUT2D eigenvalue weighted by Crippen LogP contribution is 2.29. The second-order valence-corrected chi connectivity index (χ2v) is 5.78. The molecule has 1 heterocycles. The van der Waals surface area contributed by atoms with Crippen LogP contribution >= 0.6 is 27.5 Å². The van der Waals surface area contributed by atoms with E-state index in [4.69, 9.17) is 11.6 Å². The zero-order chi connectivity index (χ0) is 15.1. The average Bonchev–Trinajstić information content (AvgIpc) is 2.83. The van der Waals surface area contributed by atoms with Gasteiger partial charge in [0.15, 0.2) is 5.82 Å². The van der Waals surface area contributed by atoms with E-state index in [1.807, 2.05) is 0 Å². The minimum absolute atomic E-state index is 0.128. The minimum atomic E-state index is -0.406. The molecule has 0 bridgehead atoms. The Morgan fingerprint density at radius 3 is 2.71 bits per heavy atom. The first-order chi connectivity index (χ1) is 10.0. The molecule has 0 saturated heterocycles. The summed E-state index contributed by atoms with van der Waals surface area (Å²) in [5.74, 6) is -0.114. The molecule has 0 aliphatic carbocycles. The van der Waals surface area contributed by atoms with Gasteiger partial charge in [0.1, 0.15) is 17.2 Å². The van der Waals surface area contributed by atoms with E-state index in [0.717, 1.165) is 0 Å². The van der Waals surface area contributed by atoms with Crippen molar-refractivity contribution in [2.45, 2.75) is 12.8 Å². The number of rotatable bonds is 2. The standard InChI is InChI=1S/C15H10BrClF2N2/c1-8-5-11(19)9(16)6-13(8)21-12-4-2-3-10(18)15(12)20-14(21)7-17/h2-6H,7H2,1H3. The summed E-state index contributed by atoms with van der Waals surface area (Å²) in [4.78, 5) is 4.25. The summed E-state index contributed by atoms with van der Waals surface area (Å²) < 4.78 is 29.6. The second kappa shape index (κ2) is 5.39. The van der Waals surface area contributed by atoms with E-state index in [1.54, 1.807) is 29.7 Å². The Bertz CT molecular complexity index is 845. The molecule has 0 aliphatic heterocycles. The van der Waals surface area contributed by atoms with Crippen molar-refractivity contribution in [2.75, 3.05) is 0 Å². The summed E-state index contributed by atoms with van der Waals surface area (Å²) in [6.45, 7) is 1.79. The number of aryl methyl sites for hydroxylation is 1. The first kappa shape index (κ1) is 14.5. The number of aromatic nitrogens is 2. The summed E-state index contributed by atoms with van der Waals surface area (Å²) in [5, 5.41) is 0. The summed E-state index contributed by atoms with van der Waals surface area (Å²) in [5.41, 5.74) is 2.29. The Labute approximate surface area is 133 Å². The molecule has 2 nitrogen and oxygen atoms in total. The van der Waals surface area contributed by atoms with Crippen LogP contribution < -0.4 is 0 Å². The summed E-state index contributed by atoms with van der Waals surface area (Å²) >= 11 is 9.11. The SMILES string of the molecule is Cc1cc(F)c(Br)cc1-n1c(CCl)nc2c(F)cccc21. The van der Waals surface area contributed by atoms with Crippen LogP contribution in [0.1, 0.15) is 11.4 Å². The average molecular weight is 372 g/mol. The fraction of sp³-hybridized carbons (Fsp3) is 0.133. The Balaban J connectivity index is 2.39. The molecule has 0 fully saturated rings. The molecular formula is C15H10BrClF2N2. The van der Waals surface area contributed by atoms with Crippen molar-refractivity contribution >= 4 is 38.6 Å². The van der Waals surface area contributed by atoms with Gasteiger partial charge in [0, 0.05) is 0 Å². The molecule has 0 unspecified atom stereocenters. The Morgan fingerprint density at radius 1 is 1.24 bits per heavy atom. The molecule has 0 N–H and O–H groups in total. The molecule has 21 heavy (non-hydrogen) atoms. The normalized spacial score (nSPS) is 11.3. The van der Waals surface area contributed by atoms with Gasteiger partial charge in [-0.05, 0) is 52.7 Å². The van der Waals surface area contributed by atoms with Crippen molar-refractivity contribution < 1.29 is 8.78 Å². The lowest BCUT2D eigenvalue weighted by molar-refractivity contribution is 0.619. The van der Waals surface area contributed by atoms with E-state index < -0.39 is 5.82 Å². The summed E-state index contributed by atoms with van der Waals surface area (Å²) in [6.07, 6.45) is 0. The van der Waals surface area contributed by atoms with E-state index >= 15 is 0 Å². The van der Waals surface area contributed by atoms with Gasteiger partial charge in [-0.15, -0.1) is 11.6 Å². The molecule has 0 aliphatic rings. The van der Waals surface area contributed by atoms with Crippen LogP contribution in [-0.2, 0) is 5.88 Å². The Hall–Kier alpha value is -1.46. The molecule has 0 atom stereocenters. The van der Waals surface area contributed by atoms with Gasteiger partial charge in [0.25, 0.3) is 0 Å². The van der Waals surface area contributed by atoms with Gasteiger partial charge in [-0.1, -0.05) is 6.07 Å². The highest BCUT2D eigenvalue weighted by Gasteiger charge is 2.17. The maximum Gasteiger partial charge on any atom is 0.151 e. The van der Waals surface area contributed by atoms with Crippen molar-refractivity contribution in [2.24, 2.45) is 0 Å². The number of hydrogen-bond acceptors (Lipinski definition) is 1. The molecule has 2 aromatic carbocycles. The molecule has 0 saturated carbocycles. The maximum atomic E-state index is 13.9. The van der Waals surface area contributed by atoms with Crippen molar-refractivity contribution in [3.8, 4) is 5.69 Å². The topological polar surface area (TPSA) is 17.8 Å². The Kier molecular flexibility index (Phi) is 3.71. The monoisotopic (exact) mass is 370 g/mol. The van der Waals surface area contributed by atoms with Crippen LogP contribution in [0, 0.1) is 18.6 Å². The summed E-state index contributed by atoms with van der Waals surface area (Å²) in [6, 6.07) is 7.79. The smallest absolute Gasteiger partial charge is 0.151 e.